The van der Waals surface area contributed by atoms with E-state index in [1.54, 1.807) is 24.3 Å². The van der Waals surface area contributed by atoms with Crippen molar-refractivity contribution in [2.45, 2.75) is 37.6 Å². The number of nitrogens with one attached hydrogen (secondary N) is 1. The largest absolute Gasteiger partial charge is 0.354 e. The number of carbonyl (C=O) groups excluding carboxylic acids is 1. The third-order valence-electron chi connectivity index (χ3n) is 3.64. The van der Waals surface area contributed by atoms with Gasteiger partial charge in [0, 0.05) is 23.6 Å². The first-order chi connectivity index (χ1) is 10.3. The van der Waals surface area contributed by atoms with Crippen LogP contribution in [0.5, 0.6) is 0 Å². The van der Waals surface area contributed by atoms with E-state index in [-0.39, 0.29) is 29.3 Å². The van der Waals surface area contributed by atoms with Crippen molar-refractivity contribution >= 4 is 31.9 Å². The van der Waals surface area contributed by atoms with Crippen LogP contribution in [0.15, 0.2) is 33.6 Å². The molecule has 1 aromatic carbocycles. The van der Waals surface area contributed by atoms with Gasteiger partial charge in [-0.05, 0) is 51.0 Å². The second-order valence-electron chi connectivity index (χ2n) is 5.82. The number of halogens is 1. The Bertz CT molecular complexity index is 629. The molecule has 22 heavy (non-hydrogen) atoms. The zero-order valence-electron chi connectivity index (χ0n) is 12.8. The van der Waals surface area contributed by atoms with E-state index < -0.39 is 10.0 Å². The van der Waals surface area contributed by atoms with Crippen LogP contribution in [0.25, 0.3) is 0 Å². The molecule has 1 heterocycles. The van der Waals surface area contributed by atoms with Gasteiger partial charge in [0.1, 0.15) is 0 Å². The van der Waals surface area contributed by atoms with Crippen LogP contribution in [-0.2, 0) is 14.8 Å². The van der Waals surface area contributed by atoms with E-state index in [9.17, 15) is 13.2 Å². The number of carbonyl (C=O) groups is 1. The van der Waals surface area contributed by atoms with Crippen molar-refractivity contribution in [3.05, 3.63) is 28.7 Å². The molecular formula is C15H21BrN2O3S. The molecule has 1 aromatic rings. The molecule has 0 aliphatic carbocycles. The van der Waals surface area contributed by atoms with E-state index in [0.717, 1.165) is 10.9 Å². The highest BCUT2D eigenvalue weighted by atomic mass is 79.9. The summed E-state index contributed by atoms with van der Waals surface area (Å²) in [6, 6.07) is 6.64. The average Bonchev–Trinajstić information content (AvgIpc) is 2.47. The van der Waals surface area contributed by atoms with Gasteiger partial charge < -0.3 is 5.32 Å². The fourth-order valence-electron chi connectivity index (χ4n) is 2.53. The molecule has 1 saturated heterocycles. The summed E-state index contributed by atoms with van der Waals surface area (Å²) in [6.07, 6.45) is 1.43. The van der Waals surface area contributed by atoms with Crippen molar-refractivity contribution in [2.75, 3.05) is 13.1 Å². The normalized spacial score (nSPS) is 20.1. The molecule has 1 atom stereocenters. The maximum absolute atomic E-state index is 12.7. The minimum absolute atomic E-state index is 0.0611. The summed E-state index contributed by atoms with van der Waals surface area (Å²) >= 11 is 3.30. The lowest BCUT2D eigenvalue weighted by Gasteiger charge is -2.31. The summed E-state index contributed by atoms with van der Waals surface area (Å²) < 4.78 is 27.6. The predicted octanol–water partition coefficient (Wildman–Crippen LogP) is 2.37. The molecule has 1 N–H and O–H groups in total. The van der Waals surface area contributed by atoms with Gasteiger partial charge in [0.2, 0.25) is 15.9 Å². The van der Waals surface area contributed by atoms with E-state index in [1.807, 2.05) is 13.8 Å². The van der Waals surface area contributed by atoms with Crippen molar-refractivity contribution in [1.82, 2.24) is 9.62 Å². The molecule has 0 saturated carbocycles. The van der Waals surface area contributed by atoms with Crippen molar-refractivity contribution in [3.63, 3.8) is 0 Å². The molecule has 5 nitrogen and oxygen atoms in total. The van der Waals surface area contributed by atoms with Crippen molar-refractivity contribution in [2.24, 2.45) is 5.92 Å². The second kappa shape index (κ2) is 7.10. The van der Waals surface area contributed by atoms with Crippen LogP contribution in [-0.4, -0.2) is 37.8 Å². The maximum atomic E-state index is 12.7. The number of piperidine rings is 1. The number of hydrogen-bond donors (Lipinski definition) is 1. The molecule has 7 heteroatoms. The van der Waals surface area contributed by atoms with Gasteiger partial charge >= 0.3 is 0 Å². The quantitative estimate of drug-likeness (QED) is 0.860. The van der Waals surface area contributed by atoms with Crippen LogP contribution >= 0.6 is 15.9 Å². The minimum Gasteiger partial charge on any atom is -0.354 e. The molecule has 1 unspecified atom stereocenters. The van der Waals surface area contributed by atoms with Crippen molar-refractivity contribution in [1.29, 1.82) is 0 Å². The van der Waals surface area contributed by atoms with Gasteiger partial charge in [0.15, 0.2) is 0 Å². The number of benzene rings is 1. The van der Waals surface area contributed by atoms with Gasteiger partial charge in [0.05, 0.1) is 10.8 Å². The lowest BCUT2D eigenvalue weighted by atomic mass is 9.98. The van der Waals surface area contributed by atoms with Gasteiger partial charge in [-0.3, -0.25) is 4.79 Å². The Morgan fingerprint density at radius 3 is 2.55 bits per heavy atom. The Morgan fingerprint density at radius 1 is 1.32 bits per heavy atom. The third-order valence-corrected chi connectivity index (χ3v) is 6.05. The molecule has 1 aliphatic heterocycles. The summed E-state index contributed by atoms with van der Waals surface area (Å²) in [5.74, 6) is -0.341. The molecule has 0 aromatic heterocycles. The van der Waals surface area contributed by atoms with Crippen LogP contribution in [0.3, 0.4) is 0 Å². The first-order valence-electron chi connectivity index (χ1n) is 7.37. The summed E-state index contributed by atoms with van der Waals surface area (Å²) in [7, 11) is -3.54. The Balaban J connectivity index is 2.14. The molecule has 1 aliphatic rings. The molecule has 2 rings (SSSR count). The highest BCUT2D eigenvalue weighted by molar-refractivity contribution is 9.10. The van der Waals surface area contributed by atoms with E-state index in [1.165, 1.54) is 4.31 Å². The van der Waals surface area contributed by atoms with Crippen molar-refractivity contribution in [3.8, 4) is 0 Å². The van der Waals surface area contributed by atoms with Crippen LogP contribution in [0.4, 0.5) is 0 Å². The first-order valence-corrected chi connectivity index (χ1v) is 9.60. The van der Waals surface area contributed by atoms with Crippen molar-refractivity contribution < 1.29 is 13.2 Å². The highest BCUT2D eigenvalue weighted by Crippen LogP contribution is 2.25. The van der Waals surface area contributed by atoms with Gasteiger partial charge in [-0.25, -0.2) is 8.42 Å². The minimum atomic E-state index is -3.54. The Kier molecular flexibility index (Phi) is 5.63. The van der Waals surface area contributed by atoms with Gasteiger partial charge in [-0.1, -0.05) is 15.9 Å². The Hall–Kier alpha value is -0.920. The van der Waals surface area contributed by atoms with Crippen LogP contribution < -0.4 is 5.32 Å². The fraction of sp³-hybridized carbons (Fsp3) is 0.533. The zero-order chi connectivity index (χ0) is 16.3. The van der Waals surface area contributed by atoms with Crippen LogP contribution in [0.2, 0.25) is 0 Å². The SMILES string of the molecule is CC(C)NC(=O)C1CCCN(S(=O)(=O)c2ccc(Br)cc2)C1. The van der Waals surface area contributed by atoms with Crippen LogP contribution in [0.1, 0.15) is 26.7 Å². The first kappa shape index (κ1) is 17.4. The molecule has 122 valence electrons. The molecule has 1 amide bonds. The second-order valence-corrected chi connectivity index (χ2v) is 8.67. The summed E-state index contributed by atoms with van der Waals surface area (Å²) in [6.45, 7) is 4.51. The van der Waals surface area contributed by atoms with Gasteiger partial charge in [-0.2, -0.15) is 4.31 Å². The number of hydrogen-bond acceptors (Lipinski definition) is 3. The summed E-state index contributed by atoms with van der Waals surface area (Å²) in [5.41, 5.74) is 0. The van der Waals surface area contributed by atoms with Gasteiger partial charge in [-0.15, -0.1) is 0 Å². The third kappa shape index (κ3) is 4.08. The van der Waals surface area contributed by atoms with E-state index in [2.05, 4.69) is 21.2 Å². The highest BCUT2D eigenvalue weighted by Gasteiger charge is 2.33. The Labute approximate surface area is 140 Å². The molecule has 0 radical (unpaired) electrons. The van der Waals surface area contributed by atoms with Crippen LogP contribution in [0, 0.1) is 5.92 Å². The smallest absolute Gasteiger partial charge is 0.243 e. The monoisotopic (exact) mass is 388 g/mol. The lowest BCUT2D eigenvalue weighted by Crippen LogP contribution is -2.46. The van der Waals surface area contributed by atoms with Gasteiger partial charge in [0.25, 0.3) is 0 Å². The number of nitrogens with zero attached hydrogens (tertiary/aromatic N) is 1. The predicted molar refractivity (Wildman–Crippen MR) is 88.9 cm³/mol. The standard InChI is InChI=1S/C15H21BrN2O3S/c1-11(2)17-15(19)12-4-3-9-18(10-12)22(20,21)14-7-5-13(16)6-8-14/h5-8,11-12H,3-4,9-10H2,1-2H3,(H,17,19). The molecule has 0 spiro atoms. The Morgan fingerprint density at radius 2 is 1.95 bits per heavy atom. The summed E-state index contributed by atoms with van der Waals surface area (Å²) in [5, 5.41) is 2.87. The average molecular weight is 389 g/mol. The summed E-state index contributed by atoms with van der Waals surface area (Å²) in [4.78, 5) is 12.4. The van der Waals surface area contributed by atoms with E-state index in [4.69, 9.17) is 0 Å². The lowest BCUT2D eigenvalue weighted by molar-refractivity contribution is -0.126. The number of amides is 1. The zero-order valence-corrected chi connectivity index (χ0v) is 15.2. The topological polar surface area (TPSA) is 66.5 Å². The fourth-order valence-corrected chi connectivity index (χ4v) is 4.32. The number of sulfonamides is 1. The molecular weight excluding hydrogens is 368 g/mol. The maximum Gasteiger partial charge on any atom is 0.243 e. The molecule has 0 bridgehead atoms. The molecule has 1 fully saturated rings. The van der Waals surface area contributed by atoms with E-state index >= 15 is 0 Å². The van der Waals surface area contributed by atoms with E-state index in [0.29, 0.717) is 13.0 Å². The number of rotatable bonds is 4.